The van der Waals surface area contributed by atoms with Crippen LogP contribution in [-0.4, -0.2) is 22.5 Å². The van der Waals surface area contributed by atoms with Crippen LogP contribution in [0.4, 0.5) is 11.5 Å². The lowest BCUT2D eigenvalue weighted by molar-refractivity contribution is 0.0527. The van der Waals surface area contributed by atoms with Crippen molar-refractivity contribution in [2.24, 2.45) is 0 Å². The van der Waals surface area contributed by atoms with Gasteiger partial charge in [-0.3, -0.25) is 0 Å². The number of aryl methyl sites for hydroxylation is 2. The van der Waals surface area contributed by atoms with E-state index in [0.29, 0.717) is 23.9 Å². The first kappa shape index (κ1) is 14.8. The Hall–Kier alpha value is -2.57. The number of ether oxygens (including phenoxy) is 1. The fourth-order valence-corrected chi connectivity index (χ4v) is 1.76. The Morgan fingerprint density at radius 1 is 1.48 bits per heavy atom. The number of esters is 1. The molecule has 0 aliphatic carbocycles. The second-order valence-electron chi connectivity index (χ2n) is 4.49. The summed E-state index contributed by atoms with van der Waals surface area (Å²) < 4.78 is 10.5. The molecule has 3 N–H and O–H groups in total. The van der Waals surface area contributed by atoms with Crippen molar-refractivity contribution in [2.45, 2.75) is 27.3 Å². The van der Waals surface area contributed by atoms with Crippen LogP contribution in [-0.2, 0) is 11.3 Å². The fraction of sp³-hybridized carbons (Fsp3) is 0.357. The van der Waals surface area contributed by atoms with Gasteiger partial charge in [0.15, 0.2) is 0 Å². The van der Waals surface area contributed by atoms with Crippen LogP contribution < -0.4 is 11.1 Å². The van der Waals surface area contributed by atoms with Gasteiger partial charge >= 0.3 is 5.97 Å². The molecule has 0 aliphatic rings. The van der Waals surface area contributed by atoms with Crippen LogP contribution in [0.3, 0.4) is 0 Å². The Balaban J connectivity index is 2.17. The number of aromatic nitrogens is 2. The third-order valence-corrected chi connectivity index (χ3v) is 2.88. The molecule has 0 amide bonds. The highest BCUT2D eigenvalue weighted by atomic mass is 16.5. The average molecular weight is 290 g/mol. The maximum Gasteiger partial charge on any atom is 0.341 e. The third kappa shape index (κ3) is 3.50. The Kier molecular flexibility index (Phi) is 4.42. The molecule has 0 saturated carbocycles. The number of anilines is 2. The van der Waals surface area contributed by atoms with E-state index in [1.54, 1.807) is 6.92 Å². The summed E-state index contributed by atoms with van der Waals surface area (Å²) in [7, 11) is 0. The number of nitrogens with zero attached hydrogens (tertiary/aromatic N) is 2. The van der Waals surface area contributed by atoms with E-state index in [2.05, 4.69) is 15.3 Å². The van der Waals surface area contributed by atoms with E-state index in [4.69, 9.17) is 14.9 Å². The van der Waals surface area contributed by atoms with Gasteiger partial charge in [0.1, 0.15) is 17.1 Å². The summed E-state index contributed by atoms with van der Waals surface area (Å²) >= 11 is 0. The molecule has 112 valence electrons. The predicted octanol–water partition coefficient (Wildman–Crippen LogP) is 2.06. The molecule has 0 aliphatic heterocycles. The lowest BCUT2D eigenvalue weighted by atomic mass is 10.2. The van der Waals surface area contributed by atoms with Gasteiger partial charge in [0.25, 0.3) is 0 Å². The number of pyridine rings is 1. The van der Waals surface area contributed by atoms with Crippen LogP contribution in [0.15, 0.2) is 16.7 Å². The summed E-state index contributed by atoms with van der Waals surface area (Å²) in [5.41, 5.74) is 7.18. The van der Waals surface area contributed by atoms with Crippen LogP contribution in [0.25, 0.3) is 0 Å². The van der Waals surface area contributed by atoms with E-state index in [1.165, 1.54) is 12.3 Å². The van der Waals surface area contributed by atoms with Crippen molar-refractivity contribution in [1.29, 1.82) is 0 Å². The second kappa shape index (κ2) is 6.25. The molecule has 0 radical (unpaired) electrons. The van der Waals surface area contributed by atoms with Crippen molar-refractivity contribution in [1.82, 2.24) is 9.97 Å². The first-order valence-electron chi connectivity index (χ1n) is 6.60. The zero-order valence-electron chi connectivity index (χ0n) is 12.3. The average Bonchev–Trinajstić information content (AvgIpc) is 2.76. The maximum atomic E-state index is 11.9. The minimum Gasteiger partial charge on any atom is -0.462 e. The molecule has 0 unspecified atom stereocenters. The highest BCUT2D eigenvalue weighted by Gasteiger charge is 2.15. The van der Waals surface area contributed by atoms with E-state index >= 15 is 0 Å². The van der Waals surface area contributed by atoms with Gasteiger partial charge < -0.3 is 20.2 Å². The van der Waals surface area contributed by atoms with E-state index in [0.717, 1.165) is 11.5 Å². The Morgan fingerprint density at radius 2 is 2.24 bits per heavy atom. The van der Waals surface area contributed by atoms with Gasteiger partial charge in [0.2, 0.25) is 5.89 Å². The number of rotatable bonds is 5. The molecule has 0 spiro atoms. The summed E-state index contributed by atoms with van der Waals surface area (Å²) in [5, 5.41) is 3.01. The zero-order valence-corrected chi connectivity index (χ0v) is 12.3. The molecule has 2 heterocycles. The van der Waals surface area contributed by atoms with Crippen molar-refractivity contribution in [3.63, 3.8) is 0 Å². The molecule has 21 heavy (non-hydrogen) atoms. The lowest BCUT2D eigenvalue weighted by Crippen LogP contribution is -2.12. The Labute approximate surface area is 122 Å². The molecule has 2 aromatic heterocycles. The minimum absolute atomic E-state index is 0.283. The van der Waals surface area contributed by atoms with E-state index in [1.807, 2.05) is 13.8 Å². The summed E-state index contributed by atoms with van der Waals surface area (Å²) in [6.45, 7) is 6.05. The SMILES string of the molecule is CCOC(=O)c1cc(N)cnc1NCc1nc(C)c(C)o1. The number of nitrogens with one attached hydrogen (secondary N) is 1. The summed E-state index contributed by atoms with van der Waals surface area (Å²) in [5.74, 6) is 1.21. The molecular formula is C14H18N4O3. The van der Waals surface area contributed by atoms with Gasteiger partial charge in [-0.15, -0.1) is 0 Å². The number of nitrogens with two attached hydrogens (primary N) is 1. The fourth-order valence-electron chi connectivity index (χ4n) is 1.76. The number of hydrogen-bond donors (Lipinski definition) is 2. The van der Waals surface area contributed by atoms with Crippen LogP contribution in [0, 0.1) is 13.8 Å². The van der Waals surface area contributed by atoms with Crippen molar-refractivity contribution in [3.05, 3.63) is 35.2 Å². The lowest BCUT2D eigenvalue weighted by Gasteiger charge is -2.09. The Bertz CT molecular complexity index is 632. The molecule has 0 aromatic carbocycles. The van der Waals surface area contributed by atoms with Crippen molar-refractivity contribution in [2.75, 3.05) is 17.7 Å². The molecule has 7 nitrogen and oxygen atoms in total. The number of oxazole rings is 1. The minimum atomic E-state index is -0.473. The number of carbonyl (C=O) groups excluding carboxylic acids is 1. The molecular weight excluding hydrogens is 272 g/mol. The number of carbonyl (C=O) groups is 1. The molecule has 2 rings (SSSR count). The van der Waals surface area contributed by atoms with Crippen LogP contribution in [0.5, 0.6) is 0 Å². The quantitative estimate of drug-likeness (QED) is 0.812. The number of nitrogen functional groups attached to an aromatic ring is 1. The standard InChI is InChI=1S/C14H18N4O3/c1-4-20-14(19)11-5-10(15)6-16-13(11)17-7-12-18-8(2)9(3)21-12/h5-6H,4,7,15H2,1-3H3,(H,16,17). The van der Waals surface area contributed by atoms with E-state index in [-0.39, 0.29) is 12.2 Å². The monoisotopic (exact) mass is 290 g/mol. The molecule has 0 fully saturated rings. The van der Waals surface area contributed by atoms with Crippen molar-refractivity contribution >= 4 is 17.5 Å². The molecule has 0 atom stereocenters. The zero-order chi connectivity index (χ0) is 15.4. The van der Waals surface area contributed by atoms with Crippen LogP contribution in [0.2, 0.25) is 0 Å². The second-order valence-corrected chi connectivity index (χ2v) is 4.49. The van der Waals surface area contributed by atoms with Gasteiger partial charge in [-0.25, -0.2) is 14.8 Å². The summed E-state index contributed by atoms with van der Waals surface area (Å²) in [6, 6.07) is 1.53. The van der Waals surface area contributed by atoms with Gasteiger partial charge in [-0.2, -0.15) is 0 Å². The largest absolute Gasteiger partial charge is 0.462 e. The maximum absolute atomic E-state index is 11.9. The smallest absolute Gasteiger partial charge is 0.341 e. The molecule has 0 bridgehead atoms. The van der Waals surface area contributed by atoms with Crippen LogP contribution >= 0.6 is 0 Å². The van der Waals surface area contributed by atoms with Gasteiger partial charge in [-0.05, 0) is 26.8 Å². The highest BCUT2D eigenvalue weighted by Crippen LogP contribution is 2.18. The predicted molar refractivity (Wildman–Crippen MR) is 77.9 cm³/mol. The van der Waals surface area contributed by atoms with E-state index < -0.39 is 5.97 Å². The van der Waals surface area contributed by atoms with Gasteiger partial charge in [-0.1, -0.05) is 0 Å². The highest BCUT2D eigenvalue weighted by molar-refractivity contribution is 5.95. The molecule has 7 heteroatoms. The number of hydrogen-bond acceptors (Lipinski definition) is 7. The topological polar surface area (TPSA) is 103 Å². The van der Waals surface area contributed by atoms with Gasteiger partial charge in [0, 0.05) is 0 Å². The molecule has 0 saturated heterocycles. The molecule has 2 aromatic rings. The summed E-state index contributed by atoms with van der Waals surface area (Å²) in [4.78, 5) is 20.3. The van der Waals surface area contributed by atoms with Crippen molar-refractivity contribution in [3.8, 4) is 0 Å². The first-order valence-corrected chi connectivity index (χ1v) is 6.60. The van der Waals surface area contributed by atoms with E-state index in [9.17, 15) is 4.79 Å². The van der Waals surface area contributed by atoms with Crippen molar-refractivity contribution < 1.29 is 13.9 Å². The normalized spacial score (nSPS) is 10.4. The third-order valence-electron chi connectivity index (χ3n) is 2.88. The Morgan fingerprint density at radius 3 is 2.86 bits per heavy atom. The van der Waals surface area contributed by atoms with Gasteiger partial charge in [0.05, 0.1) is 30.7 Å². The van der Waals surface area contributed by atoms with Crippen LogP contribution in [0.1, 0.15) is 34.6 Å². The first-order chi connectivity index (χ1) is 10.0. The summed E-state index contributed by atoms with van der Waals surface area (Å²) in [6.07, 6.45) is 1.47.